The number of nitrogens with zero attached hydrogens (tertiary/aromatic N) is 3. The van der Waals surface area contributed by atoms with E-state index in [1.165, 1.54) is 29.5 Å². The maximum absolute atomic E-state index is 14.6. The summed E-state index contributed by atoms with van der Waals surface area (Å²) in [5, 5.41) is 3.72. The third kappa shape index (κ3) is 6.21. The molecule has 0 unspecified atom stereocenters. The Hall–Kier alpha value is -2.58. The first-order chi connectivity index (χ1) is 14.6. The van der Waals surface area contributed by atoms with E-state index < -0.39 is 11.6 Å². The quantitative estimate of drug-likeness (QED) is 0.417. The molecule has 0 radical (unpaired) electrons. The van der Waals surface area contributed by atoms with Crippen molar-refractivity contribution in [2.75, 3.05) is 31.1 Å². The number of anilines is 1. The lowest BCUT2D eigenvalue weighted by Crippen LogP contribution is -2.46. The predicted octanol–water partition coefficient (Wildman–Crippen LogP) is 3.75. The van der Waals surface area contributed by atoms with Crippen LogP contribution in [-0.4, -0.2) is 42.4 Å². The summed E-state index contributed by atoms with van der Waals surface area (Å²) in [4.78, 5) is 4.07. The average molecular weight is 446 g/mol. The lowest BCUT2D eigenvalue weighted by Gasteiger charge is -2.36. The second-order valence-corrected chi connectivity index (χ2v) is 9.22. The van der Waals surface area contributed by atoms with Gasteiger partial charge in [0.1, 0.15) is 17.3 Å². The molecule has 0 amide bonds. The number of rotatable bonds is 5. The van der Waals surface area contributed by atoms with Crippen molar-refractivity contribution in [2.24, 2.45) is 10.8 Å². The lowest BCUT2D eigenvalue weighted by atomic mass is 9.87. The molecule has 166 valence electrons. The number of hydrogen-bond donors (Lipinski definition) is 2. The third-order valence-electron chi connectivity index (χ3n) is 5.34. The van der Waals surface area contributed by atoms with Gasteiger partial charge in [-0.3, -0.25) is 10.3 Å². The van der Waals surface area contributed by atoms with Crippen molar-refractivity contribution in [2.45, 2.75) is 32.7 Å². The smallest absolute Gasteiger partial charge is 0.184 e. The van der Waals surface area contributed by atoms with E-state index in [4.69, 9.17) is 5.73 Å². The number of nitrogens with two attached hydrogens (primary N) is 1. The Morgan fingerprint density at radius 3 is 2.19 bits per heavy atom. The zero-order valence-corrected chi connectivity index (χ0v) is 19.0. The van der Waals surface area contributed by atoms with E-state index in [1.807, 2.05) is 0 Å². The topological polar surface area (TPSA) is 56.9 Å². The SMILES string of the molecule is CC(C)(C)c1ccc(CN2CCN(c3c(F)cc(/C=N/NC(N)=S)cc3F)CC2)cc1. The molecule has 0 atom stereocenters. The minimum Gasteiger partial charge on any atom is -0.375 e. The van der Waals surface area contributed by atoms with Crippen LogP contribution in [0.3, 0.4) is 0 Å². The number of piperazine rings is 1. The Kier molecular flexibility index (Phi) is 7.23. The van der Waals surface area contributed by atoms with E-state index in [9.17, 15) is 8.78 Å². The Bertz CT molecular complexity index is 922. The highest BCUT2D eigenvalue weighted by molar-refractivity contribution is 7.80. The molecule has 5 nitrogen and oxygen atoms in total. The summed E-state index contributed by atoms with van der Waals surface area (Å²) in [6.07, 6.45) is 1.28. The van der Waals surface area contributed by atoms with Crippen molar-refractivity contribution < 1.29 is 8.78 Å². The van der Waals surface area contributed by atoms with Crippen LogP contribution in [0, 0.1) is 11.6 Å². The number of benzene rings is 2. The Balaban J connectivity index is 1.60. The fraction of sp³-hybridized carbons (Fsp3) is 0.391. The van der Waals surface area contributed by atoms with Crippen LogP contribution in [-0.2, 0) is 12.0 Å². The predicted molar refractivity (Wildman–Crippen MR) is 127 cm³/mol. The molecule has 1 aliphatic heterocycles. The molecule has 0 saturated carbocycles. The normalized spacial score (nSPS) is 15.5. The molecule has 0 spiro atoms. The highest BCUT2D eigenvalue weighted by Gasteiger charge is 2.23. The van der Waals surface area contributed by atoms with Gasteiger partial charge in [-0.15, -0.1) is 0 Å². The van der Waals surface area contributed by atoms with Crippen LogP contribution in [0.25, 0.3) is 0 Å². The first-order valence-corrected chi connectivity index (χ1v) is 10.7. The second kappa shape index (κ2) is 9.70. The van der Waals surface area contributed by atoms with Gasteiger partial charge in [-0.2, -0.15) is 5.10 Å². The fourth-order valence-electron chi connectivity index (χ4n) is 3.63. The highest BCUT2D eigenvalue weighted by Crippen LogP contribution is 2.26. The summed E-state index contributed by atoms with van der Waals surface area (Å²) in [6, 6.07) is 11.2. The molecule has 0 bridgehead atoms. The highest BCUT2D eigenvalue weighted by atomic mass is 32.1. The van der Waals surface area contributed by atoms with Gasteiger partial charge in [-0.1, -0.05) is 45.0 Å². The summed E-state index contributed by atoms with van der Waals surface area (Å²) in [7, 11) is 0. The first kappa shape index (κ1) is 23.1. The van der Waals surface area contributed by atoms with Gasteiger partial charge in [0, 0.05) is 38.3 Å². The van der Waals surface area contributed by atoms with Crippen LogP contribution in [0.2, 0.25) is 0 Å². The third-order valence-corrected chi connectivity index (χ3v) is 5.43. The molecule has 1 saturated heterocycles. The Morgan fingerprint density at radius 1 is 1.10 bits per heavy atom. The summed E-state index contributed by atoms with van der Waals surface area (Å²) in [5.74, 6) is -1.22. The van der Waals surface area contributed by atoms with Gasteiger partial charge in [0.25, 0.3) is 0 Å². The minimum atomic E-state index is -0.608. The molecule has 31 heavy (non-hydrogen) atoms. The van der Waals surface area contributed by atoms with Crippen LogP contribution < -0.4 is 16.1 Å². The molecule has 1 heterocycles. The molecular formula is C23H29F2N5S. The summed E-state index contributed by atoms with van der Waals surface area (Å²) >= 11 is 4.63. The van der Waals surface area contributed by atoms with Crippen molar-refractivity contribution in [3.05, 3.63) is 64.7 Å². The Morgan fingerprint density at radius 2 is 1.68 bits per heavy atom. The van der Waals surface area contributed by atoms with E-state index in [0.717, 1.165) is 19.6 Å². The van der Waals surface area contributed by atoms with E-state index in [2.05, 4.69) is 72.7 Å². The lowest BCUT2D eigenvalue weighted by molar-refractivity contribution is 0.248. The number of hydrogen-bond acceptors (Lipinski definition) is 4. The van der Waals surface area contributed by atoms with Gasteiger partial charge in [0.2, 0.25) is 0 Å². The van der Waals surface area contributed by atoms with E-state index in [1.54, 1.807) is 4.90 Å². The molecule has 2 aromatic rings. The second-order valence-electron chi connectivity index (χ2n) is 8.78. The zero-order chi connectivity index (χ0) is 22.6. The van der Waals surface area contributed by atoms with E-state index in [0.29, 0.717) is 18.7 Å². The van der Waals surface area contributed by atoms with Crippen molar-refractivity contribution in [1.29, 1.82) is 0 Å². The summed E-state index contributed by atoms with van der Waals surface area (Å²) in [5.41, 5.74) is 10.6. The van der Waals surface area contributed by atoms with Crippen molar-refractivity contribution in [3.63, 3.8) is 0 Å². The molecule has 8 heteroatoms. The van der Waals surface area contributed by atoms with Gasteiger partial charge in [0.05, 0.1) is 6.21 Å². The summed E-state index contributed by atoms with van der Waals surface area (Å²) in [6.45, 7) is 10.0. The van der Waals surface area contributed by atoms with Crippen LogP contribution in [0.5, 0.6) is 0 Å². The summed E-state index contributed by atoms with van der Waals surface area (Å²) < 4.78 is 29.3. The number of thiocarbonyl (C=S) groups is 1. The maximum atomic E-state index is 14.6. The zero-order valence-electron chi connectivity index (χ0n) is 18.2. The molecule has 1 fully saturated rings. The van der Waals surface area contributed by atoms with Gasteiger partial charge in [-0.25, -0.2) is 8.78 Å². The van der Waals surface area contributed by atoms with E-state index in [-0.39, 0.29) is 16.2 Å². The van der Waals surface area contributed by atoms with E-state index >= 15 is 0 Å². The van der Waals surface area contributed by atoms with Crippen molar-refractivity contribution >= 4 is 29.2 Å². The number of hydrazone groups is 1. The van der Waals surface area contributed by atoms with Crippen LogP contribution >= 0.6 is 12.2 Å². The standard InChI is InChI=1S/C23H29F2N5S/c1-23(2,3)18-6-4-16(5-7-18)15-29-8-10-30(11-9-29)21-19(24)12-17(13-20(21)25)14-27-28-22(26)31/h4-7,12-14H,8-11,15H2,1-3H3,(H3,26,28,31)/b27-14+. The molecule has 1 aliphatic rings. The monoisotopic (exact) mass is 445 g/mol. The number of nitrogens with one attached hydrogen (secondary N) is 1. The van der Waals surface area contributed by atoms with Crippen molar-refractivity contribution in [1.82, 2.24) is 10.3 Å². The van der Waals surface area contributed by atoms with Gasteiger partial charge in [0.15, 0.2) is 5.11 Å². The molecule has 3 rings (SSSR count). The van der Waals surface area contributed by atoms with Gasteiger partial charge >= 0.3 is 0 Å². The van der Waals surface area contributed by atoms with Gasteiger partial charge in [-0.05, 0) is 40.9 Å². The fourth-order valence-corrected chi connectivity index (χ4v) is 3.68. The minimum absolute atomic E-state index is 0.00800. The molecule has 0 aromatic heterocycles. The number of halogens is 2. The van der Waals surface area contributed by atoms with Crippen LogP contribution in [0.1, 0.15) is 37.5 Å². The molecule has 0 aliphatic carbocycles. The molecule has 2 aromatic carbocycles. The van der Waals surface area contributed by atoms with Crippen LogP contribution in [0.4, 0.5) is 14.5 Å². The van der Waals surface area contributed by atoms with Gasteiger partial charge < -0.3 is 10.6 Å². The average Bonchev–Trinajstić information content (AvgIpc) is 2.68. The van der Waals surface area contributed by atoms with Crippen molar-refractivity contribution in [3.8, 4) is 0 Å². The largest absolute Gasteiger partial charge is 0.375 e. The van der Waals surface area contributed by atoms with Crippen LogP contribution in [0.15, 0.2) is 41.5 Å². The first-order valence-electron chi connectivity index (χ1n) is 10.3. The molecule has 3 N–H and O–H groups in total. The maximum Gasteiger partial charge on any atom is 0.184 e. The molecular weight excluding hydrogens is 416 g/mol. The Labute approximate surface area is 187 Å².